The van der Waals surface area contributed by atoms with Crippen molar-refractivity contribution < 1.29 is 5.11 Å². The van der Waals surface area contributed by atoms with Crippen LogP contribution in [0.4, 0.5) is 0 Å². The van der Waals surface area contributed by atoms with Crippen LogP contribution in [0.25, 0.3) is 0 Å². The fraction of sp³-hybridized carbons (Fsp3) is 0.250. The van der Waals surface area contributed by atoms with E-state index < -0.39 is 0 Å². The summed E-state index contributed by atoms with van der Waals surface area (Å²) in [6.45, 7) is 2.06. The van der Waals surface area contributed by atoms with Gasteiger partial charge in [0.15, 0.2) is 0 Å². The first kappa shape index (κ1) is 14.4. The van der Waals surface area contributed by atoms with Crippen molar-refractivity contribution in [1.29, 1.82) is 0 Å². The summed E-state index contributed by atoms with van der Waals surface area (Å²) in [5.41, 5.74) is 2.40. The summed E-state index contributed by atoms with van der Waals surface area (Å²) >= 11 is 7.68. The van der Waals surface area contributed by atoms with Crippen LogP contribution in [0.2, 0.25) is 5.02 Å². The minimum Gasteiger partial charge on any atom is -0.392 e. The molecule has 0 saturated heterocycles. The van der Waals surface area contributed by atoms with E-state index in [0.29, 0.717) is 12.2 Å². The number of aryl methyl sites for hydroxylation is 1. The van der Waals surface area contributed by atoms with Crippen LogP contribution < -0.4 is 0 Å². The fourth-order valence-corrected chi connectivity index (χ4v) is 3.09. The van der Waals surface area contributed by atoms with Crippen LogP contribution in [0.5, 0.6) is 0 Å². The molecule has 0 aliphatic rings. The van der Waals surface area contributed by atoms with Crippen molar-refractivity contribution in [3.63, 3.8) is 0 Å². The molecular weight excluding hydrogens is 276 g/mol. The van der Waals surface area contributed by atoms with Crippen LogP contribution in [0.3, 0.4) is 0 Å². The molecule has 1 nitrogen and oxygen atoms in total. The Hall–Kier alpha value is -0.960. The maximum absolute atomic E-state index is 10.1. The molecule has 3 heteroatoms. The second-order valence-electron chi connectivity index (χ2n) is 4.59. The first-order chi connectivity index (χ1) is 9.15. The van der Waals surface area contributed by atoms with Crippen LogP contribution in [-0.4, -0.2) is 17.0 Å². The van der Waals surface area contributed by atoms with Crippen molar-refractivity contribution in [2.45, 2.75) is 24.3 Å². The topological polar surface area (TPSA) is 20.2 Å². The fourth-order valence-electron chi connectivity index (χ4n) is 1.92. The maximum Gasteiger partial charge on any atom is 0.0674 e. The van der Waals surface area contributed by atoms with E-state index in [2.05, 4.69) is 25.1 Å². The number of halogens is 1. The smallest absolute Gasteiger partial charge is 0.0674 e. The van der Waals surface area contributed by atoms with E-state index in [1.807, 2.05) is 30.3 Å². The van der Waals surface area contributed by atoms with E-state index in [9.17, 15) is 5.11 Å². The average Bonchev–Trinajstić information content (AvgIpc) is 2.38. The van der Waals surface area contributed by atoms with Gasteiger partial charge in [0.25, 0.3) is 0 Å². The number of rotatable bonds is 5. The van der Waals surface area contributed by atoms with Crippen LogP contribution in [0, 0.1) is 6.92 Å². The van der Waals surface area contributed by atoms with Gasteiger partial charge in [-0.15, -0.1) is 11.8 Å². The Balaban J connectivity index is 1.88. The predicted molar refractivity (Wildman–Crippen MR) is 83.1 cm³/mol. The van der Waals surface area contributed by atoms with Gasteiger partial charge in [0.05, 0.1) is 11.1 Å². The van der Waals surface area contributed by atoms with Gasteiger partial charge < -0.3 is 5.11 Å². The van der Waals surface area contributed by atoms with E-state index >= 15 is 0 Å². The Kier molecular flexibility index (Phi) is 5.32. The van der Waals surface area contributed by atoms with Crippen molar-refractivity contribution in [2.24, 2.45) is 0 Å². The Morgan fingerprint density at radius 1 is 1.16 bits per heavy atom. The number of benzene rings is 2. The maximum atomic E-state index is 10.1. The van der Waals surface area contributed by atoms with Gasteiger partial charge in [-0.3, -0.25) is 0 Å². The Labute approximate surface area is 123 Å². The summed E-state index contributed by atoms with van der Waals surface area (Å²) in [5, 5.41) is 10.8. The van der Waals surface area contributed by atoms with Crippen molar-refractivity contribution in [3.05, 3.63) is 64.7 Å². The summed E-state index contributed by atoms with van der Waals surface area (Å²) in [5.74, 6) is 0.650. The lowest BCUT2D eigenvalue weighted by Gasteiger charge is -2.11. The molecule has 1 N–H and O–H groups in total. The highest BCUT2D eigenvalue weighted by Gasteiger charge is 2.08. The van der Waals surface area contributed by atoms with Crippen molar-refractivity contribution in [2.75, 3.05) is 5.75 Å². The van der Waals surface area contributed by atoms with Crippen LogP contribution in [0.1, 0.15) is 11.1 Å². The molecule has 1 atom stereocenters. The van der Waals surface area contributed by atoms with Crippen molar-refractivity contribution in [3.8, 4) is 0 Å². The van der Waals surface area contributed by atoms with Gasteiger partial charge in [-0.1, -0.05) is 53.6 Å². The third kappa shape index (κ3) is 4.57. The molecule has 0 saturated carbocycles. The molecule has 0 aliphatic heterocycles. The lowest BCUT2D eigenvalue weighted by atomic mass is 10.1. The minimum atomic E-state index is -0.358. The lowest BCUT2D eigenvalue weighted by Crippen LogP contribution is -2.13. The molecular formula is C16H17ClOS. The molecule has 1 unspecified atom stereocenters. The number of aliphatic hydroxyl groups is 1. The second-order valence-corrected chi connectivity index (χ2v) is 6.06. The number of aliphatic hydroxyl groups excluding tert-OH is 1. The highest BCUT2D eigenvalue weighted by Crippen LogP contribution is 2.27. The number of hydrogen-bond donors (Lipinski definition) is 1. The highest BCUT2D eigenvalue weighted by molar-refractivity contribution is 7.99. The molecule has 2 rings (SSSR count). The number of thioether (sulfide) groups is 1. The monoisotopic (exact) mass is 292 g/mol. The van der Waals surface area contributed by atoms with E-state index in [0.717, 1.165) is 9.92 Å². The van der Waals surface area contributed by atoms with E-state index in [1.54, 1.807) is 11.8 Å². The third-order valence-electron chi connectivity index (χ3n) is 2.82. The van der Waals surface area contributed by atoms with Gasteiger partial charge in [-0.2, -0.15) is 0 Å². The zero-order chi connectivity index (χ0) is 13.7. The third-order valence-corrected chi connectivity index (χ3v) is 4.48. The molecule has 0 amide bonds. The van der Waals surface area contributed by atoms with E-state index in [-0.39, 0.29) is 6.10 Å². The molecule has 0 fully saturated rings. The van der Waals surface area contributed by atoms with Crippen LogP contribution >= 0.6 is 23.4 Å². The Bertz CT molecular complexity index is 542. The normalized spacial score (nSPS) is 12.4. The first-order valence-corrected chi connectivity index (χ1v) is 7.62. The van der Waals surface area contributed by atoms with Gasteiger partial charge in [-0.25, -0.2) is 0 Å². The quantitative estimate of drug-likeness (QED) is 0.827. The van der Waals surface area contributed by atoms with Gasteiger partial charge in [0.2, 0.25) is 0 Å². The molecule has 2 aromatic carbocycles. The summed E-state index contributed by atoms with van der Waals surface area (Å²) in [7, 11) is 0. The van der Waals surface area contributed by atoms with Gasteiger partial charge >= 0.3 is 0 Å². The van der Waals surface area contributed by atoms with Crippen LogP contribution in [0.15, 0.2) is 53.4 Å². The summed E-state index contributed by atoms with van der Waals surface area (Å²) in [4.78, 5) is 1.02. The van der Waals surface area contributed by atoms with Gasteiger partial charge in [0, 0.05) is 10.6 Å². The van der Waals surface area contributed by atoms with Gasteiger partial charge in [-0.05, 0) is 31.0 Å². The minimum absolute atomic E-state index is 0.358. The van der Waals surface area contributed by atoms with E-state index in [4.69, 9.17) is 11.6 Å². The summed E-state index contributed by atoms with van der Waals surface area (Å²) < 4.78 is 0. The SMILES string of the molecule is Cc1cccc(CC(O)CSc2ccccc2Cl)c1. The van der Waals surface area contributed by atoms with E-state index in [1.165, 1.54) is 11.1 Å². The summed E-state index contributed by atoms with van der Waals surface area (Å²) in [6.07, 6.45) is 0.321. The molecule has 0 spiro atoms. The van der Waals surface area contributed by atoms with Crippen molar-refractivity contribution in [1.82, 2.24) is 0 Å². The molecule has 0 heterocycles. The predicted octanol–water partition coefficient (Wildman–Crippen LogP) is 4.34. The molecule has 19 heavy (non-hydrogen) atoms. The summed E-state index contributed by atoms with van der Waals surface area (Å²) in [6, 6.07) is 16.0. The van der Waals surface area contributed by atoms with Gasteiger partial charge in [0.1, 0.15) is 0 Å². The zero-order valence-corrected chi connectivity index (χ0v) is 12.4. The molecule has 0 radical (unpaired) electrons. The highest BCUT2D eigenvalue weighted by atomic mass is 35.5. The average molecular weight is 293 g/mol. The molecule has 0 aliphatic carbocycles. The zero-order valence-electron chi connectivity index (χ0n) is 10.8. The molecule has 2 aromatic rings. The van der Waals surface area contributed by atoms with Crippen molar-refractivity contribution >= 4 is 23.4 Å². The Morgan fingerprint density at radius 3 is 2.68 bits per heavy atom. The molecule has 100 valence electrons. The standard InChI is InChI=1S/C16H17ClOS/c1-12-5-4-6-13(9-12)10-14(18)11-19-16-8-3-2-7-15(16)17/h2-9,14,18H,10-11H2,1H3. The largest absolute Gasteiger partial charge is 0.392 e. The first-order valence-electron chi connectivity index (χ1n) is 6.26. The second kappa shape index (κ2) is 6.99. The molecule has 0 bridgehead atoms. The Morgan fingerprint density at radius 2 is 1.95 bits per heavy atom. The lowest BCUT2D eigenvalue weighted by molar-refractivity contribution is 0.200. The van der Waals surface area contributed by atoms with Crippen LogP contribution in [-0.2, 0) is 6.42 Å². The number of hydrogen-bond acceptors (Lipinski definition) is 2. The molecule has 0 aromatic heterocycles.